The van der Waals surface area contributed by atoms with Crippen molar-refractivity contribution in [1.82, 2.24) is 0 Å². The van der Waals surface area contributed by atoms with Gasteiger partial charge in [-0.05, 0) is 6.92 Å². The molecule has 5 heteroatoms. The van der Waals surface area contributed by atoms with Crippen LogP contribution in [0.1, 0.15) is 6.92 Å². The van der Waals surface area contributed by atoms with Gasteiger partial charge in [-0.2, -0.15) is 0 Å². The predicted octanol–water partition coefficient (Wildman–Crippen LogP) is -2.15. The molecule has 0 spiro atoms. The molecule has 1 aliphatic rings. The Morgan fingerprint density at radius 3 is 2.25 bits per heavy atom. The van der Waals surface area contributed by atoms with Crippen molar-refractivity contribution < 1.29 is 25.2 Å². The fraction of sp³-hybridized carbons (Fsp3) is 1.00. The summed E-state index contributed by atoms with van der Waals surface area (Å²) >= 11 is 0. The summed E-state index contributed by atoms with van der Waals surface area (Å²) in [7, 11) is 0. The molecule has 0 aromatic heterocycles. The molecule has 0 unspecified atom stereocenters. The van der Waals surface area contributed by atoms with Gasteiger partial charge in [0, 0.05) is 0 Å². The molecule has 0 radical (unpaired) electrons. The van der Waals surface area contributed by atoms with Gasteiger partial charge in [0.1, 0.15) is 24.4 Å². The summed E-state index contributed by atoms with van der Waals surface area (Å²) < 4.78 is 5.03. The van der Waals surface area contributed by atoms with E-state index in [-0.39, 0.29) is 0 Å². The van der Waals surface area contributed by atoms with Crippen molar-refractivity contribution in [2.45, 2.75) is 37.4 Å². The summed E-state index contributed by atoms with van der Waals surface area (Å²) in [6.07, 6.45) is -4.65. The summed E-state index contributed by atoms with van der Waals surface area (Å²) in [5.74, 6) is 0. The lowest BCUT2D eigenvalue weighted by atomic mass is 10.1. The van der Waals surface area contributed by atoms with Crippen LogP contribution in [0.15, 0.2) is 0 Å². The molecule has 1 saturated heterocycles. The van der Waals surface area contributed by atoms with E-state index >= 15 is 0 Å². The van der Waals surface area contributed by atoms with E-state index in [2.05, 4.69) is 0 Å². The molecule has 1 rings (SSSR count). The maximum absolute atomic E-state index is 9.28. The molecule has 0 aromatic carbocycles. The standard InChI is InChI=1S/C7H14O5/c1-3-5(10)6(11)7(12-3)4(9)2-8/h3-11H,2H2,1H3/t3-,4-,5-,6-,7+/m1/s1. The van der Waals surface area contributed by atoms with Gasteiger partial charge in [0.2, 0.25) is 0 Å². The highest BCUT2D eigenvalue weighted by Crippen LogP contribution is 2.22. The second-order valence-electron chi connectivity index (χ2n) is 3.04. The smallest absolute Gasteiger partial charge is 0.115 e. The van der Waals surface area contributed by atoms with E-state index in [1.807, 2.05) is 0 Å². The summed E-state index contributed by atoms with van der Waals surface area (Å²) in [5, 5.41) is 36.2. The average molecular weight is 178 g/mol. The van der Waals surface area contributed by atoms with Crippen molar-refractivity contribution in [3.8, 4) is 0 Å². The Balaban J connectivity index is 2.58. The van der Waals surface area contributed by atoms with E-state index in [1.165, 1.54) is 0 Å². The molecule has 72 valence electrons. The second kappa shape index (κ2) is 3.68. The average Bonchev–Trinajstić information content (AvgIpc) is 2.32. The van der Waals surface area contributed by atoms with E-state index < -0.39 is 37.1 Å². The van der Waals surface area contributed by atoms with Crippen LogP contribution in [0.3, 0.4) is 0 Å². The second-order valence-corrected chi connectivity index (χ2v) is 3.04. The largest absolute Gasteiger partial charge is 0.394 e. The molecule has 0 amide bonds. The Kier molecular flexibility index (Phi) is 3.03. The minimum Gasteiger partial charge on any atom is -0.394 e. The van der Waals surface area contributed by atoms with E-state index in [4.69, 9.17) is 14.9 Å². The molecule has 0 aromatic rings. The number of aliphatic hydroxyl groups excluding tert-OH is 4. The first-order chi connectivity index (χ1) is 5.57. The van der Waals surface area contributed by atoms with Crippen molar-refractivity contribution in [3.63, 3.8) is 0 Å². The Morgan fingerprint density at radius 2 is 1.92 bits per heavy atom. The minimum atomic E-state index is -1.14. The van der Waals surface area contributed by atoms with Crippen LogP contribution in [0.25, 0.3) is 0 Å². The van der Waals surface area contributed by atoms with Crippen molar-refractivity contribution >= 4 is 0 Å². The van der Waals surface area contributed by atoms with Gasteiger partial charge in [0.05, 0.1) is 12.7 Å². The summed E-state index contributed by atoms with van der Waals surface area (Å²) in [5.41, 5.74) is 0. The fourth-order valence-corrected chi connectivity index (χ4v) is 1.30. The third kappa shape index (κ3) is 1.60. The first kappa shape index (κ1) is 9.88. The quantitative estimate of drug-likeness (QED) is 0.387. The summed E-state index contributed by atoms with van der Waals surface area (Å²) in [6, 6.07) is 0. The summed E-state index contributed by atoms with van der Waals surface area (Å²) in [6.45, 7) is 1.11. The topological polar surface area (TPSA) is 90.2 Å². The van der Waals surface area contributed by atoms with Gasteiger partial charge in [-0.1, -0.05) is 0 Å². The molecule has 5 nitrogen and oxygen atoms in total. The van der Waals surface area contributed by atoms with Gasteiger partial charge >= 0.3 is 0 Å². The van der Waals surface area contributed by atoms with Crippen LogP contribution in [0.4, 0.5) is 0 Å². The van der Waals surface area contributed by atoms with Gasteiger partial charge in [0.15, 0.2) is 0 Å². The maximum atomic E-state index is 9.28. The van der Waals surface area contributed by atoms with Crippen LogP contribution < -0.4 is 0 Å². The number of aliphatic hydroxyl groups is 4. The normalized spacial score (nSPS) is 44.8. The van der Waals surface area contributed by atoms with Gasteiger partial charge in [-0.25, -0.2) is 0 Å². The zero-order valence-corrected chi connectivity index (χ0v) is 6.79. The number of hydrogen-bond acceptors (Lipinski definition) is 5. The van der Waals surface area contributed by atoms with Gasteiger partial charge in [-0.15, -0.1) is 0 Å². The van der Waals surface area contributed by atoms with E-state index in [9.17, 15) is 10.2 Å². The number of rotatable bonds is 2. The SMILES string of the molecule is C[C@H]1O[C@@H]([C@H](O)CO)[C@H](O)[C@@H]1O. The Hall–Kier alpha value is -0.200. The van der Waals surface area contributed by atoms with E-state index in [0.29, 0.717) is 0 Å². The highest BCUT2D eigenvalue weighted by molar-refractivity contribution is 4.91. The highest BCUT2D eigenvalue weighted by Gasteiger charge is 2.43. The van der Waals surface area contributed by atoms with Crippen molar-refractivity contribution in [1.29, 1.82) is 0 Å². The van der Waals surface area contributed by atoms with Gasteiger partial charge in [-0.3, -0.25) is 0 Å². The molecule has 1 aliphatic heterocycles. The third-order valence-electron chi connectivity index (χ3n) is 2.11. The zero-order valence-electron chi connectivity index (χ0n) is 6.79. The van der Waals surface area contributed by atoms with Gasteiger partial charge < -0.3 is 25.2 Å². The molecule has 1 fully saturated rings. The molecule has 0 saturated carbocycles. The molecule has 1 heterocycles. The zero-order chi connectivity index (χ0) is 9.30. The molecule has 0 aliphatic carbocycles. The lowest BCUT2D eigenvalue weighted by molar-refractivity contribution is -0.0786. The van der Waals surface area contributed by atoms with Crippen LogP contribution in [0.5, 0.6) is 0 Å². The van der Waals surface area contributed by atoms with Gasteiger partial charge in [0.25, 0.3) is 0 Å². The van der Waals surface area contributed by atoms with Crippen LogP contribution in [-0.4, -0.2) is 57.6 Å². The maximum Gasteiger partial charge on any atom is 0.115 e. The molecule has 5 atom stereocenters. The van der Waals surface area contributed by atoms with Crippen LogP contribution >= 0.6 is 0 Å². The van der Waals surface area contributed by atoms with Crippen LogP contribution in [0, 0.1) is 0 Å². The Morgan fingerprint density at radius 1 is 1.33 bits per heavy atom. The Bertz CT molecular complexity index is 151. The predicted molar refractivity (Wildman–Crippen MR) is 39.4 cm³/mol. The summed E-state index contributed by atoms with van der Waals surface area (Å²) in [4.78, 5) is 0. The lowest BCUT2D eigenvalue weighted by Gasteiger charge is -2.18. The fourth-order valence-electron chi connectivity index (χ4n) is 1.30. The highest BCUT2D eigenvalue weighted by atomic mass is 16.6. The first-order valence-corrected chi connectivity index (χ1v) is 3.88. The molecular weight excluding hydrogens is 164 g/mol. The first-order valence-electron chi connectivity index (χ1n) is 3.88. The molecule has 4 N–H and O–H groups in total. The van der Waals surface area contributed by atoms with E-state index in [1.54, 1.807) is 6.92 Å². The van der Waals surface area contributed by atoms with Crippen molar-refractivity contribution in [2.75, 3.05) is 6.61 Å². The molecule has 12 heavy (non-hydrogen) atoms. The monoisotopic (exact) mass is 178 g/mol. The number of ether oxygens (including phenoxy) is 1. The van der Waals surface area contributed by atoms with Crippen LogP contribution in [0.2, 0.25) is 0 Å². The van der Waals surface area contributed by atoms with Crippen molar-refractivity contribution in [3.05, 3.63) is 0 Å². The lowest BCUT2D eigenvalue weighted by Crippen LogP contribution is -2.40. The molecule has 0 bridgehead atoms. The van der Waals surface area contributed by atoms with Crippen molar-refractivity contribution in [2.24, 2.45) is 0 Å². The number of hydrogen-bond donors (Lipinski definition) is 4. The third-order valence-corrected chi connectivity index (χ3v) is 2.11. The van der Waals surface area contributed by atoms with Crippen LogP contribution in [-0.2, 0) is 4.74 Å². The van der Waals surface area contributed by atoms with E-state index in [0.717, 1.165) is 0 Å². The minimum absolute atomic E-state index is 0.485. The molecular formula is C7H14O5. The Labute approximate surface area is 70.2 Å².